The van der Waals surface area contributed by atoms with Crippen molar-refractivity contribution < 1.29 is 9.90 Å². The first-order valence-corrected chi connectivity index (χ1v) is 3.46. The van der Waals surface area contributed by atoms with Gasteiger partial charge in [-0.25, -0.2) is 0 Å². The Morgan fingerprint density at radius 1 is 1.58 bits per heavy atom. The van der Waals surface area contributed by atoms with Gasteiger partial charge in [0, 0.05) is 25.1 Å². The monoisotopic (exact) mass is 167 g/mol. The number of hydrogen-bond donors (Lipinski definition) is 2. The number of nitrogens with one attached hydrogen (secondary N) is 1. The van der Waals surface area contributed by atoms with Gasteiger partial charge in [0.15, 0.2) is 0 Å². The molecule has 0 saturated carbocycles. The van der Waals surface area contributed by atoms with Crippen LogP contribution in [0.5, 0.6) is 0 Å². The highest BCUT2D eigenvalue weighted by molar-refractivity contribution is 5.68. The van der Waals surface area contributed by atoms with Crippen molar-refractivity contribution in [3.8, 4) is 0 Å². The van der Waals surface area contributed by atoms with Crippen LogP contribution in [0.4, 0.5) is 0 Å². The summed E-state index contributed by atoms with van der Waals surface area (Å²) in [6, 6.07) is 0. The smallest absolute Gasteiger partial charge is 0.317 e. The van der Waals surface area contributed by atoms with E-state index in [4.69, 9.17) is 5.11 Å². The first kappa shape index (κ1) is 8.61. The second-order valence-corrected chi connectivity index (χ2v) is 2.19. The van der Waals surface area contributed by atoms with Gasteiger partial charge >= 0.3 is 5.97 Å². The van der Waals surface area contributed by atoms with E-state index in [1.807, 2.05) is 0 Å². The van der Waals surface area contributed by atoms with Crippen molar-refractivity contribution in [3.63, 3.8) is 0 Å². The minimum Gasteiger partial charge on any atom is -0.480 e. The van der Waals surface area contributed by atoms with E-state index in [1.54, 1.807) is 18.6 Å². The molecule has 12 heavy (non-hydrogen) atoms. The zero-order chi connectivity index (χ0) is 8.81. The second kappa shape index (κ2) is 4.40. The molecule has 1 rings (SSSR count). The van der Waals surface area contributed by atoms with Crippen LogP contribution in [0.1, 0.15) is 5.69 Å². The molecule has 0 aliphatic rings. The number of aliphatic carboxylic acids is 1. The number of carboxylic acids is 1. The molecule has 0 spiro atoms. The molecular weight excluding hydrogens is 158 g/mol. The summed E-state index contributed by atoms with van der Waals surface area (Å²) < 4.78 is 0. The van der Waals surface area contributed by atoms with Gasteiger partial charge in [-0.2, -0.15) is 0 Å². The predicted molar refractivity (Wildman–Crippen MR) is 41.4 cm³/mol. The average Bonchev–Trinajstić information content (AvgIpc) is 2.05. The fraction of sp³-hybridized carbons (Fsp3) is 0.286. The van der Waals surface area contributed by atoms with Gasteiger partial charge in [-0.15, -0.1) is 0 Å². The molecule has 0 unspecified atom stereocenters. The molecule has 1 aromatic rings. The molecule has 0 aliphatic heterocycles. The van der Waals surface area contributed by atoms with E-state index in [0.717, 1.165) is 5.69 Å². The van der Waals surface area contributed by atoms with Crippen LogP contribution in [0.2, 0.25) is 0 Å². The van der Waals surface area contributed by atoms with Crippen molar-refractivity contribution in [1.82, 2.24) is 15.3 Å². The van der Waals surface area contributed by atoms with Crippen molar-refractivity contribution in [2.24, 2.45) is 0 Å². The SMILES string of the molecule is O=C(O)CNCc1cnccn1. The van der Waals surface area contributed by atoms with Gasteiger partial charge in [0.1, 0.15) is 0 Å². The largest absolute Gasteiger partial charge is 0.480 e. The van der Waals surface area contributed by atoms with E-state index in [0.29, 0.717) is 6.54 Å². The molecule has 1 heterocycles. The first-order valence-electron chi connectivity index (χ1n) is 3.46. The zero-order valence-electron chi connectivity index (χ0n) is 6.40. The topological polar surface area (TPSA) is 75.1 Å². The van der Waals surface area contributed by atoms with Gasteiger partial charge < -0.3 is 10.4 Å². The van der Waals surface area contributed by atoms with E-state index in [9.17, 15) is 4.79 Å². The van der Waals surface area contributed by atoms with E-state index in [1.165, 1.54) is 0 Å². The normalized spacial score (nSPS) is 9.67. The van der Waals surface area contributed by atoms with Crippen LogP contribution in [0, 0.1) is 0 Å². The van der Waals surface area contributed by atoms with Gasteiger partial charge in [0.25, 0.3) is 0 Å². The summed E-state index contributed by atoms with van der Waals surface area (Å²) >= 11 is 0. The Hall–Kier alpha value is -1.49. The number of rotatable bonds is 4. The minimum atomic E-state index is -0.876. The van der Waals surface area contributed by atoms with Crippen LogP contribution < -0.4 is 5.32 Å². The Balaban J connectivity index is 2.29. The van der Waals surface area contributed by atoms with Crippen LogP contribution in [-0.4, -0.2) is 27.6 Å². The van der Waals surface area contributed by atoms with Gasteiger partial charge in [-0.3, -0.25) is 14.8 Å². The molecule has 0 saturated heterocycles. The fourth-order valence-corrected chi connectivity index (χ4v) is 0.719. The minimum absolute atomic E-state index is 0.0590. The molecule has 1 aromatic heterocycles. The molecule has 0 aromatic carbocycles. The molecule has 0 fully saturated rings. The maximum atomic E-state index is 10.1. The van der Waals surface area contributed by atoms with Crippen LogP contribution >= 0.6 is 0 Å². The summed E-state index contributed by atoms with van der Waals surface area (Å²) in [6.07, 6.45) is 4.73. The molecule has 0 aliphatic carbocycles. The summed E-state index contributed by atoms with van der Waals surface area (Å²) in [5, 5.41) is 11.0. The summed E-state index contributed by atoms with van der Waals surface area (Å²) in [5.74, 6) is -0.876. The Kier molecular flexibility index (Phi) is 3.16. The van der Waals surface area contributed by atoms with Gasteiger partial charge in [-0.05, 0) is 0 Å². The standard InChI is InChI=1S/C7H9N3O2/c11-7(12)5-9-4-6-3-8-1-2-10-6/h1-3,9H,4-5H2,(H,11,12). The number of carbonyl (C=O) groups is 1. The van der Waals surface area contributed by atoms with E-state index < -0.39 is 5.97 Å². The maximum absolute atomic E-state index is 10.1. The van der Waals surface area contributed by atoms with Crippen LogP contribution in [0.25, 0.3) is 0 Å². The van der Waals surface area contributed by atoms with Crippen molar-refractivity contribution in [2.45, 2.75) is 6.54 Å². The van der Waals surface area contributed by atoms with Gasteiger partial charge in [-0.1, -0.05) is 0 Å². The third kappa shape index (κ3) is 3.07. The zero-order valence-corrected chi connectivity index (χ0v) is 6.40. The Morgan fingerprint density at radius 3 is 3.00 bits per heavy atom. The third-order valence-electron chi connectivity index (χ3n) is 1.20. The molecule has 5 nitrogen and oxygen atoms in total. The number of aromatic nitrogens is 2. The molecule has 0 amide bonds. The second-order valence-electron chi connectivity index (χ2n) is 2.19. The predicted octanol–water partition coefficient (Wildman–Crippen LogP) is -0.349. The van der Waals surface area contributed by atoms with Crippen molar-refractivity contribution >= 4 is 5.97 Å². The summed E-state index contributed by atoms with van der Waals surface area (Å²) in [7, 11) is 0. The molecule has 0 radical (unpaired) electrons. The Labute approximate surface area is 69.5 Å². The lowest BCUT2D eigenvalue weighted by Gasteiger charge is -1.98. The van der Waals surface area contributed by atoms with Gasteiger partial charge in [0.05, 0.1) is 12.2 Å². The van der Waals surface area contributed by atoms with Crippen LogP contribution in [-0.2, 0) is 11.3 Å². The summed E-state index contributed by atoms with van der Waals surface area (Å²) in [6.45, 7) is 0.372. The van der Waals surface area contributed by atoms with Crippen LogP contribution in [0.15, 0.2) is 18.6 Å². The summed E-state index contributed by atoms with van der Waals surface area (Å²) in [5.41, 5.74) is 0.735. The maximum Gasteiger partial charge on any atom is 0.317 e. The quantitative estimate of drug-likeness (QED) is 0.641. The van der Waals surface area contributed by atoms with E-state index >= 15 is 0 Å². The molecule has 0 bridgehead atoms. The lowest BCUT2D eigenvalue weighted by molar-refractivity contribution is -0.135. The third-order valence-corrected chi connectivity index (χ3v) is 1.20. The molecule has 5 heteroatoms. The fourth-order valence-electron chi connectivity index (χ4n) is 0.719. The number of hydrogen-bond acceptors (Lipinski definition) is 4. The number of nitrogens with zero attached hydrogens (tertiary/aromatic N) is 2. The lowest BCUT2D eigenvalue weighted by Crippen LogP contribution is -2.22. The van der Waals surface area contributed by atoms with E-state index in [-0.39, 0.29) is 6.54 Å². The van der Waals surface area contributed by atoms with Crippen molar-refractivity contribution in [1.29, 1.82) is 0 Å². The average molecular weight is 167 g/mol. The molecular formula is C7H9N3O2. The van der Waals surface area contributed by atoms with Crippen molar-refractivity contribution in [2.75, 3.05) is 6.54 Å². The molecule has 2 N–H and O–H groups in total. The molecule has 0 atom stereocenters. The Bertz CT molecular complexity index is 250. The molecule has 64 valence electrons. The highest BCUT2D eigenvalue weighted by Gasteiger charge is 1.96. The highest BCUT2D eigenvalue weighted by atomic mass is 16.4. The first-order chi connectivity index (χ1) is 5.79. The van der Waals surface area contributed by atoms with Gasteiger partial charge in [0.2, 0.25) is 0 Å². The number of carboxylic acid groups (broad SMARTS) is 1. The lowest BCUT2D eigenvalue weighted by atomic mass is 10.4. The van der Waals surface area contributed by atoms with E-state index in [2.05, 4.69) is 15.3 Å². The highest BCUT2D eigenvalue weighted by Crippen LogP contribution is 1.87. The Morgan fingerprint density at radius 2 is 2.42 bits per heavy atom. The van der Waals surface area contributed by atoms with Crippen LogP contribution in [0.3, 0.4) is 0 Å². The van der Waals surface area contributed by atoms with Crippen molar-refractivity contribution in [3.05, 3.63) is 24.3 Å². The summed E-state index contributed by atoms with van der Waals surface area (Å²) in [4.78, 5) is 17.9.